The van der Waals surface area contributed by atoms with E-state index in [2.05, 4.69) is 5.32 Å². The molecule has 0 saturated heterocycles. The molecule has 0 aliphatic heterocycles. The fourth-order valence-corrected chi connectivity index (χ4v) is 1.28. The average molecular weight is 256 g/mol. The van der Waals surface area contributed by atoms with Crippen LogP contribution in [0.25, 0.3) is 0 Å². The second-order valence-corrected chi connectivity index (χ2v) is 3.77. The van der Waals surface area contributed by atoms with Gasteiger partial charge in [0.2, 0.25) is 0 Å². The number of carboxylic acids is 1. The summed E-state index contributed by atoms with van der Waals surface area (Å²) in [6.45, 7) is 1.22. The van der Waals surface area contributed by atoms with Crippen molar-refractivity contribution in [3.05, 3.63) is 29.6 Å². The maximum Gasteiger partial charge on any atom is 0.328 e. The van der Waals surface area contributed by atoms with Gasteiger partial charge >= 0.3 is 5.97 Å². The van der Waals surface area contributed by atoms with Gasteiger partial charge in [-0.05, 0) is 25.1 Å². The SMILES string of the molecule is C[C@@H](O)[C@H](NC(=O)c1ccc(N)c(F)c1)C(=O)O. The second kappa shape index (κ2) is 5.46. The van der Waals surface area contributed by atoms with E-state index >= 15 is 0 Å². The summed E-state index contributed by atoms with van der Waals surface area (Å²) in [7, 11) is 0. The number of nitrogen functional groups attached to an aromatic ring is 1. The molecule has 98 valence electrons. The zero-order chi connectivity index (χ0) is 13.9. The van der Waals surface area contributed by atoms with Gasteiger partial charge in [-0.1, -0.05) is 0 Å². The first-order valence-electron chi connectivity index (χ1n) is 5.09. The van der Waals surface area contributed by atoms with E-state index in [1.807, 2.05) is 0 Å². The fraction of sp³-hybridized carbons (Fsp3) is 0.273. The highest BCUT2D eigenvalue weighted by atomic mass is 19.1. The van der Waals surface area contributed by atoms with Crippen LogP contribution in [0.5, 0.6) is 0 Å². The van der Waals surface area contributed by atoms with Crippen molar-refractivity contribution in [2.75, 3.05) is 5.73 Å². The molecule has 0 bridgehead atoms. The molecule has 1 aromatic rings. The number of aliphatic carboxylic acids is 1. The molecule has 18 heavy (non-hydrogen) atoms. The number of hydrogen-bond donors (Lipinski definition) is 4. The third-order valence-corrected chi connectivity index (χ3v) is 2.30. The minimum Gasteiger partial charge on any atom is -0.480 e. The zero-order valence-electron chi connectivity index (χ0n) is 9.55. The van der Waals surface area contributed by atoms with Crippen LogP contribution in [0.15, 0.2) is 18.2 Å². The number of nitrogens with one attached hydrogen (secondary N) is 1. The zero-order valence-corrected chi connectivity index (χ0v) is 9.55. The van der Waals surface area contributed by atoms with Crippen LogP contribution in [0, 0.1) is 5.82 Å². The molecule has 7 heteroatoms. The standard InChI is InChI=1S/C11H13FN2O4/c1-5(15)9(11(17)18)14-10(16)6-2-3-8(13)7(12)4-6/h2-5,9,15H,13H2,1H3,(H,14,16)(H,17,18)/t5-,9+/m1/s1. The van der Waals surface area contributed by atoms with Crippen molar-refractivity contribution in [1.82, 2.24) is 5.32 Å². The lowest BCUT2D eigenvalue weighted by Crippen LogP contribution is -2.47. The Morgan fingerprint density at radius 2 is 2.06 bits per heavy atom. The number of benzene rings is 1. The molecule has 1 rings (SSSR count). The molecule has 0 radical (unpaired) electrons. The van der Waals surface area contributed by atoms with Gasteiger partial charge < -0.3 is 21.3 Å². The number of aliphatic hydroxyl groups is 1. The fourth-order valence-electron chi connectivity index (χ4n) is 1.28. The number of carbonyl (C=O) groups excluding carboxylic acids is 1. The van der Waals surface area contributed by atoms with Gasteiger partial charge in [0.15, 0.2) is 6.04 Å². The Balaban J connectivity index is 2.87. The average Bonchev–Trinajstić information content (AvgIpc) is 2.28. The smallest absolute Gasteiger partial charge is 0.328 e. The minimum atomic E-state index is -1.46. The predicted octanol–water partition coefficient (Wildman–Crippen LogP) is -0.0283. The Bertz CT molecular complexity index is 476. The lowest BCUT2D eigenvalue weighted by molar-refractivity contribution is -0.141. The maximum absolute atomic E-state index is 13.1. The van der Waals surface area contributed by atoms with Crippen molar-refractivity contribution in [2.45, 2.75) is 19.1 Å². The largest absolute Gasteiger partial charge is 0.480 e. The summed E-state index contributed by atoms with van der Waals surface area (Å²) in [4.78, 5) is 22.4. The predicted molar refractivity (Wildman–Crippen MR) is 61.4 cm³/mol. The summed E-state index contributed by atoms with van der Waals surface area (Å²) in [5, 5.41) is 20.0. The summed E-state index contributed by atoms with van der Waals surface area (Å²) >= 11 is 0. The normalized spacial score (nSPS) is 13.7. The van der Waals surface area contributed by atoms with Crippen LogP contribution in [0.2, 0.25) is 0 Å². The minimum absolute atomic E-state index is 0.0754. The molecule has 1 aromatic carbocycles. The molecule has 0 fully saturated rings. The molecule has 0 spiro atoms. The lowest BCUT2D eigenvalue weighted by Gasteiger charge is -2.17. The molecular weight excluding hydrogens is 243 g/mol. The molecule has 0 aliphatic carbocycles. The van der Waals surface area contributed by atoms with E-state index < -0.39 is 29.8 Å². The summed E-state index contributed by atoms with van der Waals surface area (Å²) in [5.41, 5.74) is 5.06. The van der Waals surface area contributed by atoms with Gasteiger partial charge in [0.25, 0.3) is 5.91 Å². The number of carboxylic acid groups (broad SMARTS) is 1. The van der Waals surface area contributed by atoms with Crippen LogP contribution in [-0.4, -0.2) is 34.2 Å². The van der Waals surface area contributed by atoms with Gasteiger partial charge in [-0.25, -0.2) is 9.18 Å². The van der Waals surface area contributed by atoms with E-state index in [4.69, 9.17) is 10.8 Å². The number of hydrogen-bond acceptors (Lipinski definition) is 4. The van der Waals surface area contributed by atoms with Crippen molar-refractivity contribution in [1.29, 1.82) is 0 Å². The first-order valence-corrected chi connectivity index (χ1v) is 5.09. The Kier molecular flexibility index (Phi) is 4.22. The third-order valence-electron chi connectivity index (χ3n) is 2.30. The first-order chi connectivity index (χ1) is 8.32. The van der Waals surface area contributed by atoms with Crippen molar-refractivity contribution in [2.24, 2.45) is 0 Å². The Morgan fingerprint density at radius 3 is 2.50 bits per heavy atom. The van der Waals surface area contributed by atoms with Crippen molar-refractivity contribution >= 4 is 17.6 Å². The van der Waals surface area contributed by atoms with Crippen molar-refractivity contribution in [3.8, 4) is 0 Å². The van der Waals surface area contributed by atoms with Gasteiger partial charge in [0.1, 0.15) is 5.82 Å². The third kappa shape index (κ3) is 3.17. The van der Waals surface area contributed by atoms with Crippen LogP contribution in [0.1, 0.15) is 17.3 Å². The molecule has 6 nitrogen and oxygen atoms in total. The number of carbonyl (C=O) groups is 2. The molecule has 0 aliphatic rings. The van der Waals surface area contributed by atoms with E-state index in [1.54, 1.807) is 0 Å². The van der Waals surface area contributed by atoms with Crippen molar-refractivity contribution in [3.63, 3.8) is 0 Å². The van der Waals surface area contributed by atoms with E-state index in [-0.39, 0.29) is 11.3 Å². The number of amides is 1. The van der Waals surface area contributed by atoms with Gasteiger partial charge in [-0.2, -0.15) is 0 Å². The Morgan fingerprint density at radius 1 is 1.44 bits per heavy atom. The molecule has 0 saturated carbocycles. The molecule has 1 amide bonds. The van der Waals surface area contributed by atoms with E-state index in [9.17, 15) is 19.1 Å². The molecule has 0 heterocycles. The molecular formula is C11H13FN2O4. The molecule has 5 N–H and O–H groups in total. The van der Waals surface area contributed by atoms with Gasteiger partial charge in [-0.3, -0.25) is 4.79 Å². The maximum atomic E-state index is 13.1. The summed E-state index contributed by atoms with van der Waals surface area (Å²) in [6.07, 6.45) is -1.27. The van der Waals surface area contributed by atoms with E-state index in [0.717, 1.165) is 6.07 Å². The summed E-state index contributed by atoms with van der Waals surface area (Å²) in [6, 6.07) is 1.89. The van der Waals surface area contributed by atoms with E-state index in [0.29, 0.717) is 0 Å². The Labute approximate surface area is 102 Å². The topological polar surface area (TPSA) is 113 Å². The number of halogens is 1. The highest BCUT2D eigenvalue weighted by Crippen LogP contribution is 2.12. The van der Waals surface area contributed by atoms with E-state index in [1.165, 1.54) is 19.1 Å². The number of anilines is 1. The quantitative estimate of drug-likeness (QED) is 0.565. The van der Waals surface area contributed by atoms with Gasteiger partial charge in [0, 0.05) is 5.56 Å². The van der Waals surface area contributed by atoms with Crippen molar-refractivity contribution < 1.29 is 24.2 Å². The highest BCUT2D eigenvalue weighted by Gasteiger charge is 2.25. The van der Waals surface area contributed by atoms with Gasteiger partial charge in [0.05, 0.1) is 11.8 Å². The van der Waals surface area contributed by atoms with Crippen LogP contribution in [0.4, 0.5) is 10.1 Å². The highest BCUT2D eigenvalue weighted by molar-refractivity contribution is 5.97. The molecule has 2 atom stereocenters. The molecule has 0 aromatic heterocycles. The number of rotatable bonds is 4. The summed E-state index contributed by atoms with van der Waals surface area (Å²) in [5.74, 6) is -2.96. The summed E-state index contributed by atoms with van der Waals surface area (Å²) < 4.78 is 13.1. The molecule has 0 unspecified atom stereocenters. The number of nitrogens with two attached hydrogens (primary N) is 1. The second-order valence-electron chi connectivity index (χ2n) is 3.77. The van der Waals surface area contributed by atoms with Crippen LogP contribution in [-0.2, 0) is 4.79 Å². The Hall–Kier alpha value is -2.15. The van der Waals surface area contributed by atoms with Crippen LogP contribution < -0.4 is 11.1 Å². The van der Waals surface area contributed by atoms with Crippen LogP contribution >= 0.6 is 0 Å². The monoisotopic (exact) mass is 256 g/mol. The first kappa shape index (κ1) is 13.9. The lowest BCUT2D eigenvalue weighted by atomic mass is 10.1. The van der Waals surface area contributed by atoms with Crippen LogP contribution in [0.3, 0.4) is 0 Å². The van der Waals surface area contributed by atoms with Gasteiger partial charge in [-0.15, -0.1) is 0 Å². The number of aliphatic hydroxyl groups excluding tert-OH is 1.